The highest BCUT2D eigenvalue weighted by Gasteiger charge is 2.51. The number of aliphatic hydroxyl groups is 1. The van der Waals surface area contributed by atoms with E-state index >= 15 is 0 Å². The van der Waals surface area contributed by atoms with Gasteiger partial charge in [0.1, 0.15) is 0 Å². The Labute approximate surface area is 171 Å². The van der Waals surface area contributed by atoms with Gasteiger partial charge in [0.2, 0.25) is 5.91 Å². The van der Waals surface area contributed by atoms with Gasteiger partial charge in [-0.1, -0.05) is 61.5 Å². The zero-order valence-corrected chi connectivity index (χ0v) is 17.0. The predicted molar refractivity (Wildman–Crippen MR) is 113 cm³/mol. The van der Waals surface area contributed by atoms with E-state index in [0.717, 1.165) is 23.1 Å². The third-order valence-electron chi connectivity index (χ3n) is 5.45. The third-order valence-corrected chi connectivity index (χ3v) is 5.45. The Kier molecular flexibility index (Phi) is 6.88. The van der Waals surface area contributed by atoms with Crippen LogP contribution >= 0.6 is 0 Å². The lowest BCUT2D eigenvalue weighted by atomic mass is 9.75. The van der Waals surface area contributed by atoms with Crippen molar-refractivity contribution in [2.24, 2.45) is 0 Å². The van der Waals surface area contributed by atoms with Crippen LogP contribution in [0.3, 0.4) is 0 Å². The fraction of sp³-hybridized carbons (Fsp3) is 0.391. The van der Waals surface area contributed by atoms with Crippen molar-refractivity contribution < 1.29 is 14.7 Å². The zero-order valence-electron chi connectivity index (χ0n) is 17.0. The highest BCUT2D eigenvalue weighted by Crippen LogP contribution is 2.41. The van der Waals surface area contributed by atoms with Gasteiger partial charge >= 0.3 is 6.03 Å². The number of nitrogens with one attached hydrogen (secondary N) is 2. The van der Waals surface area contributed by atoms with Gasteiger partial charge in [0, 0.05) is 25.9 Å². The van der Waals surface area contributed by atoms with Gasteiger partial charge in [0.05, 0.1) is 18.7 Å². The number of benzene rings is 2. The van der Waals surface area contributed by atoms with Crippen molar-refractivity contribution in [3.8, 4) is 11.1 Å². The summed E-state index contributed by atoms with van der Waals surface area (Å²) < 4.78 is 0. The molecule has 6 heteroatoms. The second-order valence-electron chi connectivity index (χ2n) is 7.41. The van der Waals surface area contributed by atoms with Crippen LogP contribution in [0.1, 0.15) is 31.7 Å². The number of nitrogens with zero attached hydrogens (tertiary/aromatic N) is 1. The van der Waals surface area contributed by atoms with Crippen molar-refractivity contribution in [2.45, 2.75) is 38.3 Å². The molecule has 6 nitrogen and oxygen atoms in total. The maximum Gasteiger partial charge on any atom is 0.318 e. The zero-order chi connectivity index (χ0) is 20.8. The number of rotatable bonds is 7. The Morgan fingerprint density at radius 2 is 1.62 bits per heavy atom. The number of likely N-dealkylation sites (tertiary alicyclic amines) is 1. The van der Waals surface area contributed by atoms with Crippen LogP contribution in [0.15, 0.2) is 54.6 Å². The normalized spacial score (nSPS) is 20.7. The Morgan fingerprint density at radius 1 is 0.966 bits per heavy atom. The molecule has 1 aliphatic heterocycles. The highest BCUT2D eigenvalue weighted by molar-refractivity contribution is 5.77. The van der Waals surface area contributed by atoms with Gasteiger partial charge in [0.25, 0.3) is 0 Å². The molecule has 2 aromatic carbocycles. The van der Waals surface area contributed by atoms with Gasteiger partial charge in [-0.2, -0.15) is 0 Å². The van der Waals surface area contributed by atoms with Gasteiger partial charge in [-0.25, -0.2) is 4.79 Å². The molecule has 1 heterocycles. The number of hydrogen-bond donors (Lipinski definition) is 3. The van der Waals surface area contributed by atoms with Gasteiger partial charge in [-0.3, -0.25) is 4.79 Å². The molecule has 0 spiro atoms. The molecule has 0 radical (unpaired) electrons. The number of carbonyl (C=O) groups excluding carboxylic acids is 2. The fourth-order valence-electron chi connectivity index (χ4n) is 4.02. The highest BCUT2D eigenvalue weighted by atomic mass is 16.3. The smallest absolute Gasteiger partial charge is 0.318 e. The van der Waals surface area contributed by atoms with Crippen LogP contribution in [0.4, 0.5) is 4.79 Å². The lowest BCUT2D eigenvalue weighted by molar-refractivity contribution is -0.119. The van der Waals surface area contributed by atoms with Crippen molar-refractivity contribution in [1.29, 1.82) is 0 Å². The summed E-state index contributed by atoms with van der Waals surface area (Å²) in [6, 6.07) is 17.7. The molecular formula is C23H29N3O3. The van der Waals surface area contributed by atoms with Crippen LogP contribution in [0, 0.1) is 0 Å². The molecule has 3 atom stereocenters. The molecule has 1 fully saturated rings. The minimum Gasteiger partial charge on any atom is -0.394 e. The van der Waals surface area contributed by atoms with Gasteiger partial charge in [0.15, 0.2) is 0 Å². The Hall–Kier alpha value is -2.86. The molecule has 3 rings (SSSR count). The minimum absolute atomic E-state index is 0.0379. The summed E-state index contributed by atoms with van der Waals surface area (Å²) >= 11 is 0. The van der Waals surface area contributed by atoms with Crippen LogP contribution in [-0.2, 0) is 4.79 Å². The molecule has 0 bridgehead atoms. The molecule has 1 saturated heterocycles. The first kappa shape index (κ1) is 20.9. The molecule has 154 valence electrons. The molecule has 0 unspecified atom stereocenters. The lowest BCUT2D eigenvalue weighted by Gasteiger charge is -2.54. The Bertz CT molecular complexity index is 823. The van der Waals surface area contributed by atoms with Crippen molar-refractivity contribution in [2.75, 3.05) is 19.7 Å². The topological polar surface area (TPSA) is 81.7 Å². The largest absolute Gasteiger partial charge is 0.394 e. The molecule has 2 aromatic rings. The molecule has 1 aliphatic rings. The number of carbonyl (C=O) groups is 2. The van der Waals surface area contributed by atoms with Crippen molar-refractivity contribution in [3.05, 3.63) is 60.2 Å². The average Bonchev–Trinajstić information content (AvgIpc) is 2.72. The van der Waals surface area contributed by atoms with Crippen LogP contribution in [0.2, 0.25) is 0 Å². The van der Waals surface area contributed by atoms with E-state index in [9.17, 15) is 14.7 Å². The molecule has 0 aromatic heterocycles. The number of aliphatic hydroxyl groups excluding tert-OH is 1. The molecule has 0 saturated carbocycles. The predicted octanol–water partition coefficient (Wildman–Crippen LogP) is 2.74. The van der Waals surface area contributed by atoms with Crippen LogP contribution < -0.4 is 10.6 Å². The quantitative estimate of drug-likeness (QED) is 0.674. The molecule has 3 N–H and O–H groups in total. The maximum absolute atomic E-state index is 12.6. The van der Waals surface area contributed by atoms with E-state index in [1.54, 1.807) is 4.90 Å². The summed E-state index contributed by atoms with van der Waals surface area (Å²) in [4.78, 5) is 25.7. The first-order chi connectivity index (χ1) is 14.1. The van der Waals surface area contributed by atoms with Crippen molar-refractivity contribution in [1.82, 2.24) is 15.5 Å². The van der Waals surface area contributed by atoms with E-state index in [1.807, 2.05) is 25.1 Å². The average molecular weight is 396 g/mol. The Morgan fingerprint density at radius 3 is 2.21 bits per heavy atom. The van der Waals surface area contributed by atoms with E-state index in [0.29, 0.717) is 13.1 Å². The lowest BCUT2D eigenvalue weighted by Crippen LogP contribution is -2.70. The third kappa shape index (κ3) is 4.59. The number of hydrogen-bond acceptors (Lipinski definition) is 3. The van der Waals surface area contributed by atoms with Crippen LogP contribution in [0.5, 0.6) is 0 Å². The molecule has 29 heavy (non-hydrogen) atoms. The van der Waals surface area contributed by atoms with Crippen LogP contribution in [0.25, 0.3) is 11.1 Å². The van der Waals surface area contributed by atoms with E-state index in [4.69, 9.17) is 0 Å². The summed E-state index contributed by atoms with van der Waals surface area (Å²) in [5, 5.41) is 15.7. The second kappa shape index (κ2) is 9.56. The number of amides is 3. The first-order valence-electron chi connectivity index (χ1n) is 10.1. The number of urea groups is 1. The van der Waals surface area contributed by atoms with Crippen molar-refractivity contribution >= 4 is 11.9 Å². The molecule has 3 amide bonds. The van der Waals surface area contributed by atoms with Gasteiger partial charge < -0.3 is 20.6 Å². The summed E-state index contributed by atoms with van der Waals surface area (Å²) in [6.45, 7) is 4.27. The van der Waals surface area contributed by atoms with E-state index in [1.165, 1.54) is 6.92 Å². The summed E-state index contributed by atoms with van der Waals surface area (Å²) in [5.41, 5.74) is 3.31. The summed E-state index contributed by atoms with van der Waals surface area (Å²) in [7, 11) is 0. The Balaban J connectivity index is 1.82. The maximum atomic E-state index is 12.6. The molecular weight excluding hydrogens is 366 g/mol. The minimum atomic E-state index is -0.312. The van der Waals surface area contributed by atoms with E-state index in [-0.39, 0.29) is 36.5 Å². The summed E-state index contributed by atoms with van der Waals surface area (Å²) in [6.07, 6.45) is 0.837. The standard InChI is InChI=1S/C23H29N3O3/c1-3-13-24-23(29)26-20(14-25-16(2)28)22(21(26)15-27)19-11-9-18(10-12-19)17-7-5-4-6-8-17/h4-12,20-22,27H,3,13-15H2,1-2H3,(H,24,29)(H,25,28)/t20-,21-,22-/m1/s1. The van der Waals surface area contributed by atoms with Crippen molar-refractivity contribution in [3.63, 3.8) is 0 Å². The van der Waals surface area contributed by atoms with Gasteiger partial charge in [-0.05, 0) is 23.1 Å². The SMILES string of the molecule is CCCNC(=O)N1[C@H](CO)[C@H](c2ccc(-c3ccccc3)cc2)[C@H]1CNC(C)=O. The second-order valence-corrected chi connectivity index (χ2v) is 7.41. The van der Waals surface area contributed by atoms with Crippen LogP contribution in [-0.4, -0.2) is 53.7 Å². The van der Waals surface area contributed by atoms with Gasteiger partial charge in [-0.15, -0.1) is 0 Å². The first-order valence-corrected chi connectivity index (χ1v) is 10.1. The van der Waals surface area contributed by atoms with E-state index < -0.39 is 0 Å². The summed E-state index contributed by atoms with van der Waals surface area (Å²) in [5.74, 6) is -0.173. The molecule has 0 aliphatic carbocycles. The fourth-order valence-corrected chi connectivity index (χ4v) is 4.02. The van der Waals surface area contributed by atoms with E-state index in [2.05, 4.69) is 47.0 Å². The monoisotopic (exact) mass is 395 g/mol.